The number of carbonyl (C=O) groups excluding carboxylic acids is 1. The quantitative estimate of drug-likeness (QED) is 0.613. The van der Waals surface area contributed by atoms with Crippen LogP contribution in [0.4, 0.5) is 0 Å². The van der Waals surface area contributed by atoms with Crippen LogP contribution in [0.3, 0.4) is 0 Å². The average Bonchev–Trinajstić information content (AvgIpc) is 2.95. The van der Waals surface area contributed by atoms with Gasteiger partial charge in [-0.15, -0.1) is 0 Å². The Morgan fingerprint density at radius 3 is 1.92 bits per heavy atom. The summed E-state index contributed by atoms with van der Waals surface area (Å²) in [5, 5.41) is 3.66. The number of fused-ring (bicyclic) bond motifs is 3. The number of likely N-dealkylation sites (N-methyl/N-ethyl adjacent to an activating group) is 1. The molecule has 2 saturated heterocycles. The van der Waals surface area contributed by atoms with Crippen molar-refractivity contribution in [2.45, 2.75) is 62.4 Å². The minimum Gasteiger partial charge on any atom is -0.352 e. The minimum absolute atomic E-state index is 0.141. The SMILES string of the molecule is CC1CCN(C23C[C@H](NC(=O)CN4CCN(C)CC4)C([C@H](c4ccccc4)C2)[C@H](c2ccccc2)C3)CC1. The highest BCUT2D eigenvalue weighted by atomic mass is 16.2. The third-order valence-electron chi connectivity index (χ3n) is 10.4. The smallest absolute Gasteiger partial charge is 0.234 e. The van der Waals surface area contributed by atoms with Crippen molar-refractivity contribution in [3.63, 3.8) is 0 Å². The molecule has 38 heavy (non-hydrogen) atoms. The van der Waals surface area contributed by atoms with Crippen LogP contribution in [-0.4, -0.2) is 85.0 Å². The van der Waals surface area contributed by atoms with E-state index in [4.69, 9.17) is 0 Å². The molecule has 2 aliphatic heterocycles. The van der Waals surface area contributed by atoms with E-state index in [2.05, 4.69) is 94.7 Å². The Bertz CT molecular complexity index is 1010. The first-order valence-corrected chi connectivity index (χ1v) is 15.1. The van der Waals surface area contributed by atoms with E-state index in [0.29, 0.717) is 24.3 Å². The second-order valence-corrected chi connectivity index (χ2v) is 12.9. The highest BCUT2D eigenvalue weighted by Gasteiger charge is 2.58. The summed E-state index contributed by atoms with van der Waals surface area (Å²) in [7, 11) is 2.17. The van der Waals surface area contributed by atoms with Gasteiger partial charge in [0, 0.05) is 37.8 Å². The molecule has 0 radical (unpaired) electrons. The van der Waals surface area contributed by atoms with Gasteiger partial charge < -0.3 is 10.2 Å². The van der Waals surface area contributed by atoms with Gasteiger partial charge in [-0.25, -0.2) is 0 Å². The first kappa shape index (κ1) is 26.0. The molecule has 5 nitrogen and oxygen atoms in total. The van der Waals surface area contributed by atoms with Gasteiger partial charge in [-0.3, -0.25) is 14.6 Å². The molecule has 1 amide bonds. The summed E-state index contributed by atoms with van der Waals surface area (Å²) in [5.41, 5.74) is 3.04. The Morgan fingerprint density at radius 1 is 0.816 bits per heavy atom. The molecule has 2 aromatic carbocycles. The first-order chi connectivity index (χ1) is 18.5. The lowest BCUT2D eigenvalue weighted by atomic mass is 9.50. The number of nitrogens with one attached hydrogen (secondary N) is 1. The molecule has 5 heteroatoms. The molecule has 2 bridgehead atoms. The van der Waals surface area contributed by atoms with E-state index in [1.807, 2.05) is 0 Å². The van der Waals surface area contributed by atoms with Crippen LogP contribution in [0.2, 0.25) is 0 Å². The third kappa shape index (κ3) is 5.30. The highest BCUT2D eigenvalue weighted by Crippen LogP contribution is 2.60. The number of rotatable bonds is 6. The van der Waals surface area contributed by atoms with E-state index in [9.17, 15) is 4.79 Å². The summed E-state index contributed by atoms with van der Waals surface area (Å²) in [6, 6.07) is 22.6. The normalized spacial score (nSPS) is 33.3. The van der Waals surface area contributed by atoms with Crippen LogP contribution >= 0.6 is 0 Å². The van der Waals surface area contributed by atoms with E-state index >= 15 is 0 Å². The number of hydrogen-bond donors (Lipinski definition) is 1. The predicted molar refractivity (Wildman–Crippen MR) is 154 cm³/mol. The molecular weight excluding hydrogens is 468 g/mol. The zero-order valence-corrected chi connectivity index (χ0v) is 23.4. The molecule has 2 heterocycles. The van der Waals surface area contributed by atoms with Crippen LogP contribution in [-0.2, 0) is 4.79 Å². The number of piperidine rings is 1. The summed E-state index contributed by atoms with van der Waals surface area (Å²) in [6.45, 7) is 9.36. The van der Waals surface area contributed by atoms with E-state index in [1.54, 1.807) is 0 Å². The molecule has 5 fully saturated rings. The van der Waals surface area contributed by atoms with Gasteiger partial charge in [-0.05, 0) is 87.0 Å². The lowest BCUT2D eigenvalue weighted by Gasteiger charge is -2.63. The van der Waals surface area contributed by atoms with Crippen LogP contribution in [0.25, 0.3) is 0 Å². The van der Waals surface area contributed by atoms with Crippen molar-refractivity contribution in [1.82, 2.24) is 20.0 Å². The summed E-state index contributed by atoms with van der Waals surface area (Å²) in [5.74, 6) is 2.36. The second-order valence-electron chi connectivity index (χ2n) is 12.9. The molecule has 7 rings (SSSR count). The fraction of sp³-hybridized carbons (Fsp3) is 0.606. The fourth-order valence-corrected chi connectivity index (χ4v) is 8.29. The van der Waals surface area contributed by atoms with Gasteiger partial charge in [0.25, 0.3) is 0 Å². The van der Waals surface area contributed by atoms with Gasteiger partial charge in [0.05, 0.1) is 6.54 Å². The van der Waals surface area contributed by atoms with Crippen LogP contribution in [0, 0.1) is 11.8 Å². The second kappa shape index (κ2) is 11.1. The van der Waals surface area contributed by atoms with Crippen LogP contribution in [0.5, 0.6) is 0 Å². The van der Waals surface area contributed by atoms with E-state index in [1.165, 1.54) is 49.9 Å². The van der Waals surface area contributed by atoms with Crippen LogP contribution < -0.4 is 5.32 Å². The van der Waals surface area contributed by atoms with E-state index < -0.39 is 0 Å². The zero-order valence-electron chi connectivity index (χ0n) is 23.4. The summed E-state index contributed by atoms with van der Waals surface area (Å²) in [4.78, 5) is 21.1. The number of benzene rings is 2. The van der Waals surface area contributed by atoms with Crippen molar-refractivity contribution in [3.05, 3.63) is 71.8 Å². The highest BCUT2D eigenvalue weighted by molar-refractivity contribution is 5.78. The molecule has 0 unspecified atom stereocenters. The molecule has 1 N–H and O–H groups in total. The van der Waals surface area contributed by atoms with Crippen molar-refractivity contribution >= 4 is 5.91 Å². The van der Waals surface area contributed by atoms with E-state index in [-0.39, 0.29) is 17.5 Å². The topological polar surface area (TPSA) is 38.8 Å². The summed E-state index contributed by atoms with van der Waals surface area (Å²) >= 11 is 0. The standard InChI is InChI=1S/C33H46N4O/c1-25-13-15-37(16-14-25)33-21-28(26-9-5-3-6-10-26)32(29(22-33)27-11-7-4-8-12-27)30(23-33)34-31(38)24-36-19-17-35(2)18-20-36/h3-12,25,28-30,32H,13-24H2,1-2H3,(H,34,38)/t28-,29-,30-,32?,33?/m0/s1. The van der Waals surface area contributed by atoms with Crippen molar-refractivity contribution in [1.29, 1.82) is 0 Å². The maximum atomic E-state index is 13.6. The summed E-state index contributed by atoms with van der Waals surface area (Å²) < 4.78 is 0. The molecule has 3 atom stereocenters. The molecule has 3 aliphatic carbocycles. The Balaban J connectivity index is 1.33. The van der Waals surface area contributed by atoms with Crippen molar-refractivity contribution in [2.75, 3.05) is 52.9 Å². The number of hydrogen-bond acceptors (Lipinski definition) is 4. The van der Waals surface area contributed by atoms with Gasteiger partial charge in [0.1, 0.15) is 0 Å². The summed E-state index contributed by atoms with van der Waals surface area (Å²) in [6.07, 6.45) is 6.09. The lowest BCUT2D eigenvalue weighted by Crippen LogP contribution is -2.67. The minimum atomic E-state index is 0.141. The van der Waals surface area contributed by atoms with Crippen molar-refractivity contribution < 1.29 is 4.79 Å². The van der Waals surface area contributed by atoms with Gasteiger partial charge in [-0.1, -0.05) is 67.6 Å². The van der Waals surface area contributed by atoms with Crippen LogP contribution in [0.1, 0.15) is 62.0 Å². The molecule has 2 aromatic rings. The predicted octanol–water partition coefficient (Wildman–Crippen LogP) is 4.57. The maximum absolute atomic E-state index is 13.6. The monoisotopic (exact) mass is 514 g/mol. The van der Waals surface area contributed by atoms with Crippen molar-refractivity contribution in [2.24, 2.45) is 11.8 Å². The van der Waals surface area contributed by atoms with Gasteiger partial charge >= 0.3 is 0 Å². The van der Waals surface area contributed by atoms with Crippen LogP contribution in [0.15, 0.2) is 60.7 Å². The Labute approximate surface area is 229 Å². The number of nitrogens with zero attached hydrogens (tertiary/aromatic N) is 3. The van der Waals surface area contributed by atoms with Gasteiger partial charge in [-0.2, -0.15) is 0 Å². The number of piperazine rings is 1. The number of carbonyl (C=O) groups is 1. The fourth-order valence-electron chi connectivity index (χ4n) is 8.29. The van der Waals surface area contributed by atoms with E-state index in [0.717, 1.165) is 38.5 Å². The Hall–Kier alpha value is -2.21. The molecule has 0 spiro atoms. The maximum Gasteiger partial charge on any atom is 0.234 e. The average molecular weight is 515 g/mol. The Kier molecular flexibility index (Phi) is 7.61. The molecule has 0 aromatic heterocycles. The zero-order chi connectivity index (χ0) is 26.1. The Morgan fingerprint density at radius 2 is 1.37 bits per heavy atom. The van der Waals surface area contributed by atoms with Gasteiger partial charge in [0.15, 0.2) is 0 Å². The number of amides is 1. The third-order valence-corrected chi connectivity index (χ3v) is 10.4. The van der Waals surface area contributed by atoms with Gasteiger partial charge in [0.2, 0.25) is 5.91 Å². The number of likely N-dealkylation sites (tertiary alicyclic amines) is 1. The molecular formula is C33H46N4O. The lowest BCUT2D eigenvalue weighted by molar-refractivity contribution is -0.127. The first-order valence-electron chi connectivity index (χ1n) is 15.1. The largest absolute Gasteiger partial charge is 0.352 e. The molecule has 3 saturated carbocycles. The van der Waals surface area contributed by atoms with Crippen molar-refractivity contribution in [3.8, 4) is 0 Å². The molecule has 5 aliphatic rings. The molecule has 204 valence electrons.